The Labute approximate surface area is 93.6 Å². The van der Waals surface area contributed by atoms with Gasteiger partial charge in [-0.3, -0.25) is 0 Å². The van der Waals surface area contributed by atoms with Gasteiger partial charge >= 0.3 is 5.69 Å². The second kappa shape index (κ2) is 3.93. The average Bonchev–Trinajstić information content (AvgIpc) is 2.65. The first-order valence-corrected chi connectivity index (χ1v) is 4.55. The second-order valence-electron chi connectivity index (χ2n) is 2.86. The molecule has 0 aliphatic carbocycles. The Morgan fingerprint density at radius 2 is 2.31 bits per heavy atom. The molecule has 0 unspecified atom stereocenters. The highest BCUT2D eigenvalue weighted by atomic mass is 35.5. The lowest BCUT2D eigenvalue weighted by atomic mass is 10.3. The van der Waals surface area contributed by atoms with Crippen LogP contribution >= 0.6 is 11.6 Å². The minimum Gasteiger partial charge on any atom is -0.494 e. The predicted octanol–water partition coefficient (Wildman–Crippen LogP) is 0.757. The van der Waals surface area contributed by atoms with Gasteiger partial charge in [-0.15, -0.1) is 0 Å². The third kappa shape index (κ3) is 1.65. The largest absolute Gasteiger partial charge is 0.494 e. The SMILES string of the molecule is COc1cc(-n2nn[nH]c2=O)c(Cl)cc1F. The van der Waals surface area contributed by atoms with Crippen molar-refractivity contribution < 1.29 is 9.13 Å². The van der Waals surface area contributed by atoms with Crippen LogP contribution in [-0.4, -0.2) is 27.3 Å². The molecule has 0 atom stereocenters. The molecular weight excluding hydrogens is 239 g/mol. The van der Waals surface area contributed by atoms with Crippen LogP contribution in [0.1, 0.15) is 0 Å². The van der Waals surface area contributed by atoms with E-state index in [2.05, 4.69) is 15.5 Å². The number of tetrazole rings is 1. The number of aromatic amines is 1. The van der Waals surface area contributed by atoms with Crippen LogP contribution in [0.2, 0.25) is 5.02 Å². The molecule has 84 valence electrons. The Kier molecular flexibility index (Phi) is 2.61. The maximum Gasteiger partial charge on any atom is 0.365 e. The van der Waals surface area contributed by atoms with Gasteiger partial charge in [-0.2, -0.15) is 4.68 Å². The number of hydrogen-bond donors (Lipinski definition) is 1. The number of ether oxygens (including phenoxy) is 1. The fraction of sp³-hybridized carbons (Fsp3) is 0.125. The number of benzene rings is 1. The van der Waals surface area contributed by atoms with E-state index in [1.54, 1.807) is 0 Å². The molecule has 1 heterocycles. The molecule has 8 heteroatoms. The summed E-state index contributed by atoms with van der Waals surface area (Å²) in [4.78, 5) is 11.2. The molecule has 0 aliphatic heterocycles. The lowest BCUT2D eigenvalue weighted by molar-refractivity contribution is 0.386. The third-order valence-corrected chi connectivity index (χ3v) is 2.22. The topological polar surface area (TPSA) is 72.8 Å². The fourth-order valence-corrected chi connectivity index (χ4v) is 1.42. The van der Waals surface area contributed by atoms with Crippen molar-refractivity contribution in [2.45, 2.75) is 0 Å². The van der Waals surface area contributed by atoms with E-state index in [1.807, 2.05) is 0 Å². The molecule has 0 spiro atoms. The summed E-state index contributed by atoms with van der Waals surface area (Å²) >= 11 is 5.78. The Hall–Kier alpha value is -1.89. The van der Waals surface area contributed by atoms with Crippen molar-refractivity contribution in [3.63, 3.8) is 0 Å². The van der Waals surface area contributed by atoms with E-state index < -0.39 is 11.5 Å². The van der Waals surface area contributed by atoms with E-state index in [4.69, 9.17) is 16.3 Å². The maximum atomic E-state index is 13.2. The van der Waals surface area contributed by atoms with Gasteiger partial charge in [0.1, 0.15) is 0 Å². The molecule has 0 fully saturated rings. The van der Waals surface area contributed by atoms with Crippen molar-refractivity contribution in [2.75, 3.05) is 7.11 Å². The van der Waals surface area contributed by atoms with Gasteiger partial charge < -0.3 is 4.74 Å². The van der Waals surface area contributed by atoms with Crippen molar-refractivity contribution >= 4 is 11.6 Å². The minimum absolute atomic E-state index is 0.0331. The standard InChI is InChI=1S/C8H6ClFN4O2/c1-16-7-3-6(4(9)2-5(7)10)14-8(15)11-12-13-14/h2-3H,1H3,(H,11,13,15). The molecule has 16 heavy (non-hydrogen) atoms. The van der Waals surface area contributed by atoms with E-state index in [0.717, 1.165) is 10.7 Å². The van der Waals surface area contributed by atoms with Crippen molar-refractivity contribution in [3.8, 4) is 11.4 Å². The highest BCUT2D eigenvalue weighted by Crippen LogP contribution is 2.27. The van der Waals surface area contributed by atoms with E-state index in [-0.39, 0.29) is 16.5 Å². The lowest BCUT2D eigenvalue weighted by Crippen LogP contribution is -2.16. The zero-order valence-corrected chi connectivity index (χ0v) is 8.82. The molecule has 2 rings (SSSR count). The van der Waals surface area contributed by atoms with Crippen LogP contribution in [0.5, 0.6) is 5.75 Å². The van der Waals surface area contributed by atoms with Gasteiger partial charge in [0.05, 0.1) is 17.8 Å². The van der Waals surface area contributed by atoms with Gasteiger partial charge in [-0.05, 0) is 16.5 Å². The smallest absolute Gasteiger partial charge is 0.365 e. The summed E-state index contributed by atoms with van der Waals surface area (Å²) < 4.78 is 18.9. The van der Waals surface area contributed by atoms with Gasteiger partial charge in [0, 0.05) is 6.07 Å². The number of nitrogens with zero attached hydrogens (tertiary/aromatic N) is 3. The van der Waals surface area contributed by atoms with Crippen molar-refractivity contribution in [1.29, 1.82) is 0 Å². The highest BCUT2D eigenvalue weighted by molar-refractivity contribution is 6.32. The van der Waals surface area contributed by atoms with Crippen molar-refractivity contribution in [3.05, 3.63) is 33.5 Å². The summed E-state index contributed by atoms with van der Waals surface area (Å²) in [6.45, 7) is 0. The molecule has 6 nitrogen and oxygen atoms in total. The quantitative estimate of drug-likeness (QED) is 0.846. The average molecular weight is 245 g/mol. The van der Waals surface area contributed by atoms with Crippen LogP contribution in [-0.2, 0) is 0 Å². The summed E-state index contributed by atoms with van der Waals surface area (Å²) in [7, 11) is 1.31. The zero-order chi connectivity index (χ0) is 11.7. The molecule has 0 saturated carbocycles. The van der Waals surface area contributed by atoms with Crippen LogP contribution < -0.4 is 10.4 Å². The van der Waals surface area contributed by atoms with E-state index in [1.165, 1.54) is 13.2 Å². The summed E-state index contributed by atoms with van der Waals surface area (Å²) in [6.07, 6.45) is 0. The van der Waals surface area contributed by atoms with E-state index in [0.29, 0.717) is 0 Å². The van der Waals surface area contributed by atoms with Gasteiger partial charge in [-0.1, -0.05) is 11.6 Å². The molecule has 0 bridgehead atoms. The van der Waals surface area contributed by atoms with Gasteiger partial charge in [-0.25, -0.2) is 14.3 Å². The van der Waals surface area contributed by atoms with Crippen molar-refractivity contribution in [1.82, 2.24) is 20.2 Å². The number of rotatable bonds is 2. The molecule has 0 radical (unpaired) electrons. The Bertz CT molecular complexity index is 580. The summed E-state index contributed by atoms with van der Waals surface area (Å²) in [5.41, 5.74) is -0.380. The third-order valence-electron chi connectivity index (χ3n) is 1.92. The van der Waals surface area contributed by atoms with E-state index in [9.17, 15) is 9.18 Å². The molecule has 1 aromatic heterocycles. The molecular formula is C8H6ClFN4O2. The first-order valence-electron chi connectivity index (χ1n) is 4.17. The number of H-pyrrole nitrogens is 1. The van der Waals surface area contributed by atoms with E-state index >= 15 is 0 Å². The Balaban J connectivity index is 2.66. The monoisotopic (exact) mass is 244 g/mol. The molecule has 1 N–H and O–H groups in total. The molecule has 0 aliphatic rings. The highest BCUT2D eigenvalue weighted by Gasteiger charge is 2.13. The number of halogens is 2. The molecule has 0 amide bonds. The Morgan fingerprint density at radius 1 is 1.56 bits per heavy atom. The van der Waals surface area contributed by atoms with Crippen LogP contribution in [0.3, 0.4) is 0 Å². The molecule has 0 saturated heterocycles. The first kappa shape index (κ1) is 10.6. The van der Waals surface area contributed by atoms with Crippen molar-refractivity contribution in [2.24, 2.45) is 0 Å². The molecule has 2 aromatic rings. The number of methoxy groups -OCH3 is 1. The molecule has 1 aromatic carbocycles. The number of nitrogens with one attached hydrogen (secondary N) is 1. The van der Waals surface area contributed by atoms with Crippen LogP contribution in [0.4, 0.5) is 4.39 Å². The van der Waals surface area contributed by atoms with Crippen LogP contribution in [0, 0.1) is 5.82 Å². The summed E-state index contributed by atoms with van der Waals surface area (Å²) in [5.74, 6) is -0.651. The van der Waals surface area contributed by atoms with Crippen LogP contribution in [0.15, 0.2) is 16.9 Å². The number of hydrogen-bond acceptors (Lipinski definition) is 4. The maximum absolute atomic E-state index is 13.2. The zero-order valence-electron chi connectivity index (χ0n) is 8.07. The van der Waals surface area contributed by atoms with Crippen LogP contribution in [0.25, 0.3) is 5.69 Å². The number of aromatic nitrogens is 4. The predicted molar refractivity (Wildman–Crippen MR) is 53.5 cm³/mol. The van der Waals surface area contributed by atoms with Gasteiger partial charge in [0.25, 0.3) is 0 Å². The summed E-state index contributed by atoms with van der Waals surface area (Å²) in [6, 6.07) is 2.30. The van der Waals surface area contributed by atoms with Gasteiger partial charge in [0.15, 0.2) is 11.6 Å². The second-order valence-corrected chi connectivity index (χ2v) is 3.26. The minimum atomic E-state index is -0.618. The summed E-state index contributed by atoms with van der Waals surface area (Å²) in [5, 5.41) is 8.92. The fourth-order valence-electron chi connectivity index (χ4n) is 1.19. The Morgan fingerprint density at radius 3 is 2.88 bits per heavy atom. The lowest BCUT2D eigenvalue weighted by Gasteiger charge is -2.06. The first-order chi connectivity index (χ1) is 7.63. The van der Waals surface area contributed by atoms with Gasteiger partial charge in [0.2, 0.25) is 0 Å². The normalized spacial score (nSPS) is 10.4.